The third kappa shape index (κ3) is 5.31. The van der Waals surface area contributed by atoms with E-state index in [1.165, 1.54) is 10.1 Å². The van der Waals surface area contributed by atoms with Gasteiger partial charge in [-0.2, -0.15) is 0 Å². The fraction of sp³-hybridized carbons (Fsp3) is 0.346. The van der Waals surface area contributed by atoms with E-state index in [1.54, 1.807) is 19.2 Å². The second-order valence-electron chi connectivity index (χ2n) is 8.67. The van der Waals surface area contributed by atoms with Crippen LogP contribution in [0, 0.1) is 0 Å². The molecule has 0 aliphatic carbocycles. The number of nitrogens with one attached hydrogen (secondary N) is 1. The number of anilines is 1. The lowest BCUT2D eigenvalue weighted by molar-refractivity contribution is -0.116. The first-order valence-electron chi connectivity index (χ1n) is 11.3. The molecular weight excluding hydrogens is 416 g/mol. The summed E-state index contributed by atoms with van der Waals surface area (Å²) in [5.74, 6) is 1.05. The molecule has 33 heavy (non-hydrogen) atoms. The van der Waals surface area contributed by atoms with E-state index in [0.717, 1.165) is 25.2 Å². The van der Waals surface area contributed by atoms with Crippen molar-refractivity contribution in [2.75, 3.05) is 19.0 Å². The van der Waals surface area contributed by atoms with E-state index in [1.807, 2.05) is 44.2 Å². The van der Waals surface area contributed by atoms with Gasteiger partial charge in [-0.3, -0.25) is 19.1 Å². The van der Waals surface area contributed by atoms with Crippen molar-refractivity contribution in [3.8, 4) is 5.75 Å². The number of fused-ring (bicyclic) bond motifs is 1. The molecule has 0 bridgehead atoms. The minimum Gasteiger partial charge on any atom is -0.497 e. The number of rotatable bonds is 7. The summed E-state index contributed by atoms with van der Waals surface area (Å²) in [4.78, 5) is 33.5. The molecular formula is C26H30N4O3. The van der Waals surface area contributed by atoms with Gasteiger partial charge < -0.3 is 10.1 Å². The third-order valence-electron chi connectivity index (χ3n) is 5.84. The minimum atomic E-state index is -0.272. The van der Waals surface area contributed by atoms with E-state index in [9.17, 15) is 9.59 Å². The normalized spacial score (nSPS) is 13.6. The zero-order chi connectivity index (χ0) is 23.4. The Labute approximate surface area is 194 Å². The molecule has 0 spiro atoms. The van der Waals surface area contributed by atoms with Crippen molar-refractivity contribution < 1.29 is 9.53 Å². The number of hydrogen-bond acceptors (Lipinski definition) is 5. The summed E-state index contributed by atoms with van der Waals surface area (Å²) in [6, 6.07) is 17.4. The zero-order valence-electron chi connectivity index (χ0n) is 19.4. The van der Waals surface area contributed by atoms with Gasteiger partial charge in [0.2, 0.25) is 5.91 Å². The van der Waals surface area contributed by atoms with E-state index < -0.39 is 0 Å². The summed E-state index contributed by atoms with van der Waals surface area (Å²) in [6.07, 6.45) is 0.730. The molecule has 172 valence electrons. The van der Waals surface area contributed by atoms with Gasteiger partial charge in [0.1, 0.15) is 18.1 Å². The fourth-order valence-corrected chi connectivity index (χ4v) is 4.20. The van der Waals surface area contributed by atoms with Gasteiger partial charge >= 0.3 is 0 Å². The van der Waals surface area contributed by atoms with Gasteiger partial charge in [0.05, 0.1) is 18.4 Å². The largest absolute Gasteiger partial charge is 0.497 e. The standard InChI is InChI=1S/C26H30N4O3/c1-18(2)25-28-23-12-13-29(15-19-8-5-4-6-9-19)16-22(23)26(32)30(25)17-24(31)27-20-10-7-11-21(14-20)33-3/h4-11,14,18H,12-13,15-17H2,1-3H3,(H,27,31). The summed E-state index contributed by atoms with van der Waals surface area (Å²) >= 11 is 0. The number of benzene rings is 2. The van der Waals surface area contributed by atoms with Crippen molar-refractivity contribution in [1.29, 1.82) is 0 Å². The number of amides is 1. The highest BCUT2D eigenvalue weighted by molar-refractivity contribution is 5.90. The van der Waals surface area contributed by atoms with E-state index in [-0.39, 0.29) is 23.9 Å². The molecule has 0 fully saturated rings. The monoisotopic (exact) mass is 446 g/mol. The summed E-state index contributed by atoms with van der Waals surface area (Å²) in [7, 11) is 1.58. The maximum atomic E-state index is 13.5. The average Bonchev–Trinajstić information content (AvgIpc) is 2.81. The Balaban J connectivity index is 1.58. The molecule has 3 aromatic rings. The molecule has 2 aromatic carbocycles. The first-order chi connectivity index (χ1) is 15.9. The van der Waals surface area contributed by atoms with E-state index in [4.69, 9.17) is 9.72 Å². The van der Waals surface area contributed by atoms with Crippen LogP contribution in [0.1, 0.15) is 42.4 Å². The van der Waals surface area contributed by atoms with Crippen molar-refractivity contribution >= 4 is 11.6 Å². The first-order valence-corrected chi connectivity index (χ1v) is 11.3. The molecule has 1 aromatic heterocycles. The van der Waals surface area contributed by atoms with Gasteiger partial charge in [-0.15, -0.1) is 0 Å². The average molecular weight is 447 g/mol. The van der Waals surface area contributed by atoms with Gasteiger partial charge in [-0.1, -0.05) is 50.2 Å². The van der Waals surface area contributed by atoms with Gasteiger partial charge in [-0.25, -0.2) is 4.98 Å². The second kappa shape index (κ2) is 10.0. The van der Waals surface area contributed by atoms with Crippen molar-refractivity contribution in [2.24, 2.45) is 0 Å². The van der Waals surface area contributed by atoms with E-state index in [2.05, 4.69) is 22.3 Å². The van der Waals surface area contributed by atoms with Crippen molar-refractivity contribution in [2.45, 2.75) is 45.8 Å². The molecule has 1 amide bonds. The maximum Gasteiger partial charge on any atom is 0.258 e. The zero-order valence-corrected chi connectivity index (χ0v) is 19.4. The molecule has 4 rings (SSSR count). The van der Waals surface area contributed by atoms with Gasteiger partial charge in [0.15, 0.2) is 0 Å². The Hall–Kier alpha value is -3.45. The van der Waals surface area contributed by atoms with Crippen LogP contribution < -0.4 is 15.6 Å². The number of methoxy groups -OCH3 is 1. The van der Waals surface area contributed by atoms with E-state index >= 15 is 0 Å². The first kappa shape index (κ1) is 22.7. The highest BCUT2D eigenvalue weighted by Crippen LogP contribution is 2.21. The lowest BCUT2D eigenvalue weighted by Crippen LogP contribution is -2.40. The molecule has 0 unspecified atom stereocenters. The Morgan fingerprint density at radius 2 is 1.94 bits per heavy atom. The summed E-state index contributed by atoms with van der Waals surface area (Å²) < 4.78 is 6.75. The summed E-state index contributed by atoms with van der Waals surface area (Å²) in [5, 5.41) is 2.86. The van der Waals surface area contributed by atoms with E-state index in [0.29, 0.717) is 29.4 Å². The molecule has 7 heteroatoms. The van der Waals surface area contributed by atoms with Crippen LogP contribution in [0.15, 0.2) is 59.4 Å². The molecule has 7 nitrogen and oxygen atoms in total. The second-order valence-corrected chi connectivity index (χ2v) is 8.67. The van der Waals surface area contributed by atoms with Crippen LogP contribution >= 0.6 is 0 Å². The molecule has 1 aliphatic heterocycles. The topological polar surface area (TPSA) is 76.5 Å². The maximum absolute atomic E-state index is 13.5. The molecule has 1 N–H and O–H groups in total. The number of carbonyl (C=O) groups excluding carboxylic acids is 1. The summed E-state index contributed by atoms with van der Waals surface area (Å²) in [5.41, 5.74) is 3.26. The van der Waals surface area contributed by atoms with Gasteiger partial charge in [0.25, 0.3) is 5.56 Å². The fourth-order valence-electron chi connectivity index (χ4n) is 4.20. The number of nitrogens with zero attached hydrogens (tertiary/aromatic N) is 3. The Bertz CT molecular complexity index is 1190. The van der Waals surface area contributed by atoms with Gasteiger partial charge in [0, 0.05) is 43.7 Å². The number of ether oxygens (including phenoxy) is 1. The quantitative estimate of drug-likeness (QED) is 0.600. The van der Waals surface area contributed by atoms with Crippen molar-refractivity contribution in [1.82, 2.24) is 14.5 Å². The molecule has 0 radical (unpaired) electrons. The lowest BCUT2D eigenvalue weighted by Gasteiger charge is -2.29. The Morgan fingerprint density at radius 1 is 1.15 bits per heavy atom. The molecule has 0 saturated carbocycles. The summed E-state index contributed by atoms with van der Waals surface area (Å²) in [6.45, 7) is 6.08. The number of aromatic nitrogens is 2. The van der Waals surface area contributed by atoms with Crippen LogP contribution in [-0.2, 0) is 30.8 Å². The predicted molar refractivity (Wildman–Crippen MR) is 128 cm³/mol. The molecule has 2 heterocycles. The van der Waals surface area contributed by atoms with Crippen LogP contribution in [0.3, 0.4) is 0 Å². The Kier molecular flexibility index (Phi) is 6.89. The van der Waals surface area contributed by atoms with Crippen LogP contribution in [-0.4, -0.2) is 34.0 Å². The van der Waals surface area contributed by atoms with Crippen LogP contribution in [0.25, 0.3) is 0 Å². The minimum absolute atomic E-state index is 0.0231. The molecule has 0 saturated heterocycles. The molecule has 1 aliphatic rings. The van der Waals surface area contributed by atoms with Gasteiger partial charge in [-0.05, 0) is 17.7 Å². The molecule has 0 atom stereocenters. The highest BCUT2D eigenvalue weighted by Gasteiger charge is 2.25. The Morgan fingerprint density at radius 3 is 2.67 bits per heavy atom. The predicted octanol–water partition coefficient (Wildman–Crippen LogP) is 3.57. The number of carbonyl (C=O) groups is 1. The van der Waals surface area contributed by atoms with Crippen molar-refractivity contribution in [3.05, 3.63) is 87.6 Å². The number of hydrogen-bond donors (Lipinski definition) is 1. The van der Waals surface area contributed by atoms with Crippen LogP contribution in [0.2, 0.25) is 0 Å². The SMILES string of the molecule is COc1cccc(NC(=O)Cn2c(C(C)C)nc3c(c2=O)CN(Cc2ccccc2)CC3)c1. The third-order valence-corrected chi connectivity index (χ3v) is 5.84. The van der Waals surface area contributed by atoms with Crippen molar-refractivity contribution in [3.63, 3.8) is 0 Å². The van der Waals surface area contributed by atoms with Crippen LogP contribution in [0.5, 0.6) is 5.75 Å². The van der Waals surface area contributed by atoms with Crippen LogP contribution in [0.4, 0.5) is 5.69 Å². The highest BCUT2D eigenvalue weighted by atomic mass is 16.5. The lowest BCUT2D eigenvalue weighted by atomic mass is 10.0. The smallest absolute Gasteiger partial charge is 0.258 e.